The van der Waals surface area contributed by atoms with Crippen molar-refractivity contribution in [3.05, 3.63) is 35.4 Å². The summed E-state index contributed by atoms with van der Waals surface area (Å²) in [5, 5.41) is 19.3. The van der Waals surface area contributed by atoms with Gasteiger partial charge in [-0.25, -0.2) is 13.6 Å². The van der Waals surface area contributed by atoms with Gasteiger partial charge in [0.2, 0.25) is 0 Å². The van der Waals surface area contributed by atoms with E-state index in [0.717, 1.165) is 12.1 Å². The second-order valence-corrected chi connectivity index (χ2v) is 3.50. The summed E-state index contributed by atoms with van der Waals surface area (Å²) in [5.41, 5.74) is -0.584. The fraction of sp³-hybridized carbons (Fsp3) is 0.273. The summed E-state index contributed by atoms with van der Waals surface area (Å²) in [6, 6.07) is 0.925. The zero-order chi connectivity index (χ0) is 13.7. The highest BCUT2D eigenvalue weighted by atomic mass is 19.1. The van der Waals surface area contributed by atoms with Crippen molar-refractivity contribution in [2.24, 2.45) is 0 Å². The summed E-state index contributed by atoms with van der Waals surface area (Å²) in [5.74, 6) is -4.18. The molecule has 0 unspecified atom stereocenters. The SMILES string of the molecule is O=C(N[C@H](CCO)C(=O)O)c1cc(F)ccc1F. The molecule has 1 rings (SSSR count). The molecule has 3 N–H and O–H groups in total. The van der Waals surface area contributed by atoms with Gasteiger partial charge >= 0.3 is 5.97 Å². The first-order valence-corrected chi connectivity index (χ1v) is 5.05. The summed E-state index contributed by atoms with van der Waals surface area (Å²) in [6.45, 7) is -0.455. The van der Waals surface area contributed by atoms with Crippen LogP contribution in [0.2, 0.25) is 0 Å². The molecule has 7 heteroatoms. The lowest BCUT2D eigenvalue weighted by molar-refractivity contribution is -0.139. The second kappa shape index (κ2) is 6.06. The van der Waals surface area contributed by atoms with E-state index in [9.17, 15) is 18.4 Å². The lowest BCUT2D eigenvalue weighted by Crippen LogP contribution is -2.41. The Morgan fingerprint density at radius 3 is 2.56 bits per heavy atom. The number of hydrogen-bond acceptors (Lipinski definition) is 3. The van der Waals surface area contributed by atoms with Gasteiger partial charge in [0.25, 0.3) is 5.91 Å². The molecule has 0 radical (unpaired) electrons. The number of aliphatic hydroxyl groups is 1. The zero-order valence-electron chi connectivity index (χ0n) is 9.19. The van der Waals surface area contributed by atoms with Crippen LogP contribution in [0.4, 0.5) is 8.78 Å². The number of aliphatic hydroxyl groups excluding tert-OH is 1. The Morgan fingerprint density at radius 2 is 2.00 bits per heavy atom. The fourth-order valence-electron chi connectivity index (χ4n) is 1.29. The van der Waals surface area contributed by atoms with Crippen LogP contribution in [0.25, 0.3) is 0 Å². The third-order valence-corrected chi connectivity index (χ3v) is 2.19. The van der Waals surface area contributed by atoms with E-state index in [1.807, 2.05) is 5.32 Å². The first-order chi connectivity index (χ1) is 8.45. The fourth-order valence-corrected chi connectivity index (χ4v) is 1.29. The molecule has 0 bridgehead atoms. The average Bonchev–Trinajstić information content (AvgIpc) is 2.31. The number of nitrogens with one attached hydrogen (secondary N) is 1. The second-order valence-electron chi connectivity index (χ2n) is 3.50. The average molecular weight is 259 g/mol. The minimum atomic E-state index is -1.37. The van der Waals surface area contributed by atoms with E-state index in [0.29, 0.717) is 6.07 Å². The zero-order valence-corrected chi connectivity index (χ0v) is 9.19. The van der Waals surface area contributed by atoms with E-state index in [1.165, 1.54) is 0 Å². The molecule has 1 atom stereocenters. The van der Waals surface area contributed by atoms with Crippen LogP contribution in [0, 0.1) is 11.6 Å². The third kappa shape index (κ3) is 3.49. The summed E-state index contributed by atoms with van der Waals surface area (Å²) >= 11 is 0. The minimum Gasteiger partial charge on any atom is -0.480 e. The monoisotopic (exact) mass is 259 g/mol. The molecule has 5 nitrogen and oxygen atoms in total. The number of carboxylic acid groups (broad SMARTS) is 1. The number of halogens is 2. The molecule has 18 heavy (non-hydrogen) atoms. The van der Waals surface area contributed by atoms with Gasteiger partial charge in [0.05, 0.1) is 5.56 Å². The van der Waals surface area contributed by atoms with Crippen LogP contribution in [0.1, 0.15) is 16.8 Å². The van der Waals surface area contributed by atoms with Crippen molar-refractivity contribution >= 4 is 11.9 Å². The van der Waals surface area contributed by atoms with Gasteiger partial charge in [-0.15, -0.1) is 0 Å². The van der Waals surface area contributed by atoms with Crippen molar-refractivity contribution in [3.63, 3.8) is 0 Å². The topological polar surface area (TPSA) is 86.6 Å². The molecule has 1 aromatic rings. The van der Waals surface area contributed by atoms with Crippen LogP contribution in [0.15, 0.2) is 18.2 Å². The largest absolute Gasteiger partial charge is 0.480 e. The summed E-state index contributed by atoms with van der Waals surface area (Å²) < 4.78 is 26.1. The van der Waals surface area contributed by atoms with Gasteiger partial charge in [-0.3, -0.25) is 4.79 Å². The van der Waals surface area contributed by atoms with Crippen molar-refractivity contribution in [3.8, 4) is 0 Å². The van der Waals surface area contributed by atoms with E-state index in [2.05, 4.69) is 0 Å². The Morgan fingerprint density at radius 1 is 1.33 bits per heavy atom. The van der Waals surface area contributed by atoms with Gasteiger partial charge in [-0.2, -0.15) is 0 Å². The van der Waals surface area contributed by atoms with E-state index in [-0.39, 0.29) is 6.42 Å². The van der Waals surface area contributed by atoms with Crippen molar-refractivity contribution in [2.75, 3.05) is 6.61 Å². The number of hydrogen-bond donors (Lipinski definition) is 3. The van der Waals surface area contributed by atoms with Crippen LogP contribution >= 0.6 is 0 Å². The Bertz CT molecular complexity index is 464. The highest BCUT2D eigenvalue weighted by molar-refractivity contribution is 5.96. The van der Waals surface area contributed by atoms with Crippen LogP contribution in [-0.2, 0) is 4.79 Å². The molecule has 0 saturated heterocycles. The van der Waals surface area contributed by atoms with E-state index >= 15 is 0 Å². The summed E-state index contributed by atoms with van der Waals surface area (Å²) in [6.07, 6.45) is -0.224. The van der Waals surface area contributed by atoms with Crippen LogP contribution in [0.3, 0.4) is 0 Å². The molecular weight excluding hydrogens is 248 g/mol. The maximum absolute atomic E-state index is 13.2. The van der Waals surface area contributed by atoms with Gasteiger partial charge in [0.15, 0.2) is 0 Å². The maximum atomic E-state index is 13.2. The molecule has 1 amide bonds. The number of rotatable bonds is 5. The number of aliphatic carboxylic acids is 1. The summed E-state index contributed by atoms with van der Waals surface area (Å²) in [7, 11) is 0. The van der Waals surface area contributed by atoms with Crippen molar-refractivity contribution in [1.29, 1.82) is 0 Å². The lowest BCUT2D eigenvalue weighted by atomic mass is 10.1. The predicted octanol–water partition coefficient (Wildman–Crippen LogP) is 0.530. The maximum Gasteiger partial charge on any atom is 0.326 e. The quantitative estimate of drug-likeness (QED) is 0.720. The molecule has 0 aliphatic rings. The van der Waals surface area contributed by atoms with E-state index < -0.39 is 41.7 Å². The third-order valence-electron chi connectivity index (χ3n) is 2.19. The Balaban J connectivity index is 2.86. The van der Waals surface area contributed by atoms with Crippen molar-refractivity contribution < 1.29 is 28.6 Å². The Kier molecular flexibility index (Phi) is 4.73. The van der Waals surface area contributed by atoms with Gasteiger partial charge in [-0.1, -0.05) is 0 Å². The molecular formula is C11H11F2NO4. The molecule has 0 fully saturated rings. The smallest absolute Gasteiger partial charge is 0.326 e. The van der Waals surface area contributed by atoms with Gasteiger partial charge in [0, 0.05) is 13.0 Å². The summed E-state index contributed by atoms with van der Waals surface area (Å²) in [4.78, 5) is 22.3. The molecule has 0 heterocycles. The van der Waals surface area contributed by atoms with Gasteiger partial charge in [-0.05, 0) is 18.2 Å². The number of carbonyl (C=O) groups is 2. The molecule has 0 aliphatic carbocycles. The molecule has 0 saturated carbocycles. The highest BCUT2D eigenvalue weighted by Gasteiger charge is 2.22. The van der Waals surface area contributed by atoms with E-state index in [1.54, 1.807) is 0 Å². The number of benzene rings is 1. The number of carboxylic acids is 1. The van der Waals surface area contributed by atoms with Crippen molar-refractivity contribution in [2.45, 2.75) is 12.5 Å². The predicted molar refractivity (Wildman–Crippen MR) is 57.0 cm³/mol. The van der Waals surface area contributed by atoms with Crippen LogP contribution in [-0.4, -0.2) is 34.7 Å². The molecule has 0 aliphatic heterocycles. The first-order valence-electron chi connectivity index (χ1n) is 5.05. The van der Waals surface area contributed by atoms with Crippen LogP contribution in [0.5, 0.6) is 0 Å². The molecule has 0 aromatic heterocycles. The molecule has 98 valence electrons. The Labute approximate surface area is 101 Å². The van der Waals surface area contributed by atoms with Crippen molar-refractivity contribution in [1.82, 2.24) is 5.32 Å². The van der Waals surface area contributed by atoms with Gasteiger partial charge in [0.1, 0.15) is 17.7 Å². The first kappa shape index (κ1) is 14.0. The van der Waals surface area contributed by atoms with E-state index in [4.69, 9.17) is 10.2 Å². The highest BCUT2D eigenvalue weighted by Crippen LogP contribution is 2.10. The lowest BCUT2D eigenvalue weighted by Gasteiger charge is -2.13. The Hall–Kier alpha value is -2.02. The van der Waals surface area contributed by atoms with Gasteiger partial charge < -0.3 is 15.5 Å². The normalized spacial score (nSPS) is 11.9. The standard InChI is InChI=1S/C11H11F2NO4/c12-6-1-2-8(13)7(5-6)10(16)14-9(3-4-15)11(17)18/h1-2,5,9,15H,3-4H2,(H,14,16)(H,17,18)/t9-/m1/s1. The molecule has 1 aromatic carbocycles. The van der Waals surface area contributed by atoms with Crippen LogP contribution < -0.4 is 5.32 Å². The minimum absolute atomic E-state index is 0.224. The molecule has 0 spiro atoms. The number of carbonyl (C=O) groups excluding carboxylic acids is 1. The number of amides is 1.